The van der Waals surface area contributed by atoms with Crippen molar-refractivity contribution in [1.82, 2.24) is 0 Å². The van der Waals surface area contributed by atoms with Crippen LogP contribution in [0, 0.1) is 39.4 Å². The van der Waals surface area contributed by atoms with E-state index in [1.165, 1.54) is 38.5 Å². The normalized spacial score (nSPS) is 51.6. The van der Waals surface area contributed by atoms with Crippen LogP contribution in [0.3, 0.4) is 0 Å². The number of aliphatic hydroxyl groups excluding tert-OH is 2. The van der Waals surface area contributed by atoms with Crippen molar-refractivity contribution in [3.8, 4) is 0 Å². The summed E-state index contributed by atoms with van der Waals surface area (Å²) in [5.74, 6) is 1.72. The van der Waals surface area contributed by atoms with Crippen LogP contribution in [0.1, 0.15) is 113 Å². The van der Waals surface area contributed by atoms with Gasteiger partial charge in [0.2, 0.25) is 0 Å². The Kier molecular flexibility index (Phi) is 5.40. The lowest BCUT2D eigenvalue weighted by Gasteiger charge is -2.62. The highest BCUT2D eigenvalue weighted by molar-refractivity contribution is 5.38. The molecule has 2 N–H and O–H groups in total. The van der Waals surface area contributed by atoms with Crippen LogP contribution in [-0.4, -0.2) is 34.1 Å². The first-order valence-corrected chi connectivity index (χ1v) is 14.0. The van der Waals surface area contributed by atoms with E-state index in [0.717, 1.165) is 19.3 Å². The third kappa shape index (κ3) is 3.10. The van der Waals surface area contributed by atoms with Crippen LogP contribution in [0.4, 0.5) is 0 Å². The summed E-state index contributed by atoms with van der Waals surface area (Å²) in [6.07, 6.45) is 10.1. The Morgan fingerprint density at radius 2 is 1.52 bits per heavy atom. The Balaban J connectivity index is 1.47. The maximum atomic E-state index is 10.8. The molecule has 0 bridgehead atoms. The largest absolute Gasteiger partial charge is 0.393 e. The Bertz CT molecular complexity index is 841. The molecule has 0 aromatic carbocycles. The second-order valence-corrected chi connectivity index (χ2v) is 14.6. The first kappa shape index (κ1) is 24.3. The highest BCUT2D eigenvalue weighted by Gasteiger charge is 2.64. The molecule has 0 unspecified atom stereocenters. The quantitative estimate of drug-likeness (QED) is 0.455. The summed E-state index contributed by atoms with van der Waals surface area (Å²) in [6, 6.07) is 0. The molecule has 0 spiro atoms. The van der Waals surface area contributed by atoms with Crippen LogP contribution >= 0.6 is 0 Å². The second kappa shape index (κ2) is 7.32. The van der Waals surface area contributed by atoms with Crippen LogP contribution < -0.4 is 0 Å². The molecule has 3 heteroatoms. The van der Waals surface area contributed by atoms with E-state index in [4.69, 9.17) is 4.74 Å². The number of rotatable bonds is 2. The van der Waals surface area contributed by atoms with Crippen molar-refractivity contribution < 1.29 is 14.9 Å². The molecule has 5 rings (SSSR count). The molecule has 1 saturated heterocycles. The van der Waals surface area contributed by atoms with Crippen LogP contribution in [0.15, 0.2) is 11.1 Å². The fraction of sp³-hybridized carbons (Fsp3) is 0.933. The molecule has 0 aromatic heterocycles. The first-order valence-electron chi connectivity index (χ1n) is 14.0. The molecular weight excluding hydrogens is 408 g/mol. The van der Waals surface area contributed by atoms with Gasteiger partial charge >= 0.3 is 0 Å². The van der Waals surface area contributed by atoms with Crippen molar-refractivity contribution in [1.29, 1.82) is 0 Å². The molecule has 0 aromatic rings. The number of fused-ring (bicyclic) bond motifs is 4. The molecule has 0 radical (unpaired) electrons. The van der Waals surface area contributed by atoms with Gasteiger partial charge in [-0.3, -0.25) is 0 Å². The zero-order valence-electron chi connectivity index (χ0n) is 22.6. The topological polar surface area (TPSA) is 49.7 Å². The van der Waals surface area contributed by atoms with Gasteiger partial charge in [-0.2, -0.15) is 0 Å². The van der Waals surface area contributed by atoms with Crippen molar-refractivity contribution in [2.24, 2.45) is 39.4 Å². The first-order chi connectivity index (χ1) is 15.2. The maximum absolute atomic E-state index is 10.8. The van der Waals surface area contributed by atoms with E-state index < -0.39 is 5.60 Å². The second-order valence-electron chi connectivity index (χ2n) is 14.6. The number of ether oxygens (including phenoxy) is 1. The van der Waals surface area contributed by atoms with Crippen molar-refractivity contribution >= 4 is 0 Å². The minimum atomic E-state index is -0.421. The molecule has 1 aliphatic heterocycles. The lowest BCUT2D eigenvalue weighted by molar-refractivity contribution is -0.101. The van der Waals surface area contributed by atoms with Gasteiger partial charge in [0.1, 0.15) is 0 Å². The Morgan fingerprint density at radius 3 is 2.15 bits per heavy atom. The van der Waals surface area contributed by atoms with Crippen LogP contribution in [0.5, 0.6) is 0 Å². The van der Waals surface area contributed by atoms with E-state index in [2.05, 4.69) is 41.5 Å². The molecule has 3 nitrogen and oxygen atoms in total. The van der Waals surface area contributed by atoms with Gasteiger partial charge in [-0.25, -0.2) is 0 Å². The standard InChI is InChI=1S/C30H50O3/c1-18(22-17-25(32)27(4,5)33-22)19-11-15-30(8)21-9-10-23-26(2,3)24(31)13-14-28(23,6)20(21)12-16-29(19,30)7/h18-19,22-25,31-32H,9-17H2,1-8H3/t18-,19+,22-,23-,24-,25+,28+,29+,30-/m0/s1. The Morgan fingerprint density at radius 1 is 0.818 bits per heavy atom. The summed E-state index contributed by atoms with van der Waals surface area (Å²) >= 11 is 0. The Hall–Kier alpha value is -0.380. The highest BCUT2D eigenvalue weighted by Crippen LogP contribution is 2.72. The molecule has 9 atom stereocenters. The predicted molar refractivity (Wildman–Crippen MR) is 134 cm³/mol. The van der Waals surface area contributed by atoms with Crippen molar-refractivity contribution in [2.45, 2.75) is 137 Å². The third-order valence-corrected chi connectivity index (χ3v) is 12.7. The summed E-state index contributed by atoms with van der Waals surface area (Å²) in [5.41, 5.74) is 4.03. The fourth-order valence-electron chi connectivity index (χ4n) is 10.2. The molecule has 33 heavy (non-hydrogen) atoms. The molecule has 5 aliphatic rings. The van der Waals surface area contributed by atoms with Gasteiger partial charge < -0.3 is 14.9 Å². The van der Waals surface area contributed by atoms with E-state index >= 15 is 0 Å². The molecule has 0 amide bonds. The van der Waals surface area contributed by atoms with Crippen LogP contribution in [0.25, 0.3) is 0 Å². The maximum Gasteiger partial charge on any atom is 0.0889 e. The predicted octanol–water partition coefficient (Wildman–Crippen LogP) is 6.66. The van der Waals surface area contributed by atoms with Gasteiger partial charge in [0.15, 0.2) is 0 Å². The Labute approximate surface area is 202 Å². The van der Waals surface area contributed by atoms with Crippen molar-refractivity contribution in [3.63, 3.8) is 0 Å². The molecule has 3 fully saturated rings. The van der Waals surface area contributed by atoms with E-state index in [-0.39, 0.29) is 34.6 Å². The van der Waals surface area contributed by atoms with Crippen LogP contribution in [0.2, 0.25) is 0 Å². The summed E-state index contributed by atoms with van der Waals surface area (Å²) in [6.45, 7) is 18.9. The highest BCUT2D eigenvalue weighted by atomic mass is 16.5. The monoisotopic (exact) mass is 458 g/mol. The summed E-state index contributed by atoms with van der Waals surface area (Å²) < 4.78 is 6.43. The molecule has 188 valence electrons. The van der Waals surface area contributed by atoms with E-state index in [0.29, 0.717) is 23.2 Å². The van der Waals surface area contributed by atoms with Gasteiger partial charge in [0.25, 0.3) is 0 Å². The summed E-state index contributed by atoms with van der Waals surface area (Å²) in [7, 11) is 0. The SMILES string of the molecule is C[C@H]([C@@H]1C[C@@H](O)C(C)(C)O1)[C@H]1CC[C@@]2(C)C3=C(CC[C@]12C)[C@@]1(C)CC[C@H](O)C(C)(C)[C@@H]1CC3. The smallest absolute Gasteiger partial charge is 0.0889 e. The van der Waals surface area contributed by atoms with Gasteiger partial charge in [0, 0.05) is 6.42 Å². The van der Waals surface area contributed by atoms with Crippen LogP contribution in [-0.2, 0) is 4.74 Å². The average Bonchev–Trinajstić information content (AvgIpc) is 3.17. The van der Waals surface area contributed by atoms with Crippen molar-refractivity contribution in [3.05, 3.63) is 11.1 Å². The van der Waals surface area contributed by atoms with Gasteiger partial charge in [-0.15, -0.1) is 0 Å². The zero-order chi connectivity index (χ0) is 24.2. The minimum absolute atomic E-state index is 0.00730. The minimum Gasteiger partial charge on any atom is -0.393 e. The number of hydrogen-bond acceptors (Lipinski definition) is 3. The summed E-state index contributed by atoms with van der Waals surface area (Å²) in [4.78, 5) is 0. The lowest BCUT2D eigenvalue weighted by Crippen LogP contribution is -2.55. The number of allylic oxidation sites excluding steroid dienone is 2. The number of hydrogen-bond donors (Lipinski definition) is 2. The van der Waals surface area contributed by atoms with E-state index in [9.17, 15) is 10.2 Å². The third-order valence-electron chi connectivity index (χ3n) is 12.7. The lowest BCUT2D eigenvalue weighted by atomic mass is 9.43. The molecule has 4 aliphatic carbocycles. The molecular formula is C30H50O3. The number of aliphatic hydroxyl groups is 2. The zero-order valence-corrected chi connectivity index (χ0v) is 22.6. The fourth-order valence-corrected chi connectivity index (χ4v) is 10.2. The van der Waals surface area contributed by atoms with Gasteiger partial charge in [-0.05, 0) is 105 Å². The van der Waals surface area contributed by atoms with Gasteiger partial charge in [-0.1, -0.05) is 52.7 Å². The average molecular weight is 459 g/mol. The molecule has 1 heterocycles. The van der Waals surface area contributed by atoms with E-state index in [1.54, 1.807) is 5.57 Å². The van der Waals surface area contributed by atoms with E-state index in [1.807, 2.05) is 19.4 Å². The van der Waals surface area contributed by atoms with Crippen molar-refractivity contribution in [2.75, 3.05) is 0 Å². The summed E-state index contributed by atoms with van der Waals surface area (Å²) in [5, 5.41) is 21.4. The molecule has 2 saturated carbocycles. The van der Waals surface area contributed by atoms with Gasteiger partial charge in [0.05, 0.1) is 23.9 Å².